The van der Waals surface area contributed by atoms with E-state index in [1.807, 2.05) is 0 Å². The van der Waals surface area contributed by atoms with Gasteiger partial charge < -0.3 is 19.0 Å². The van der Waals surface area contributed by atoms with Crippen LogP contribution in [-0.2, 0) is 34.2 Å². The van der Waals surface area contributed by atoms with Crippen molar-refractivity contribution in [3.63, 3.8) is 0 Å². The van der Waals surface area contributed by atoms with E-state index in [1.54, 1.807) is 0 Å². The van der Waals surface area contributed by atoms with Crippen LogP contribution in [0.2, 0.25) is 10.0 Å². The minimum Gasteiger partial charge on any atom is -0.468 e. The summed E-state index contributed by atoms with van der Waals surface area (Å²) in [5, 5.41) is 2.34. The summed E-state index contributed by atoms with van der Waals surface area (Å²) in [4.78, 5) is 56.1. The number of ether oxygens (including phenoxy) is 3. The largest absolute Gasteiger partial charge is 0.468 e. The zero-order chi connectivity index (χ0) is 32.6. The molecule has 1 aliphatic carbocycles. The Morgan fingerprint density at radius 1 is 1.07 bits per heavy atom. The van der Waals surface area contributed by atoms with E-state index in [1.165, 1.54) is 39.3 Å². The molecule has 0 bridgehead atoms. The highest BCUT2D eigenvalue weighted by Crippen LogP contribution is 2.50. The molecule has 0 aromatic heterocycles. The Kier molecular flexibility index (Phi) is 9.29. The number of benzene rings is 2. The summed E-state index contributed by atoms with van der Waals surface area (Å²) in [6, 6.07) is 5.25. The maximum Gasteiger partial charge on any atom is 0.435 e. The highest BCUT2D eigenvalue weighted by atomic mass is 35.5. The van der Waals surface area contributed by atoms with Gasteiger partial charge in [-0.05, 0) is 55.2 Å². The Morgan fingerprint density at radius 3 is 2.23 bits per heavy atom. The average molecular weight is 663 g/mol. The van der Waals surface area contributed by atoms with E-state index >= 15 is 0 Å². The monoisotopic (exact) mass is 662 g/mol. The van der Waals surface area contributed by atoms with Gasteiger partial charge in [-0.15, -0.1) is 0 Å². The van der Waals surface area contributed by atoms with Gasteiger partial charge in [-0.3, -0.25) is 14.4 Å². The van der Waals surface area contributed by atoms with Crippen LogP contribution in [0.25, 0.3) is 0 Å². The molecule has 0 spiro atoms. The van der Waals surface area contributed by atoms with Crippen LogP contribution in [0.15, 0.2) is 35.5 Å². The molecule has 2 aromatic carbocycles. The quantitative estimate of drug-likeness (QED) is 0.200. The van der Waals surface area contributed by atoms with Crippen molar-refractivity contribution < 1.29 is 55.8 Å². The predicted octanol–water partition coefficient (Wildman–Crippen LogP) is 5.73. The minimum atomic E-state index is -5.04. The second-order valence-corrected chi connectivity index (χ2v) is 11.0. The number of aryl methyl sites for hydroxylation is 1. The molecule has 10 nitrogen and oxygen atoms in total. The molecule has 1 saturated carbocycles. The standard InChI is InChI=1S/C28H24Cl2F4N2O8/c1-14-8-15(20-11-27(44-35-20,28(32,33)34)16-9-18(29)22(31)19(30)10-16)4-5-17(14)23(38)36(21(37)12-41-2)25(40)43-13-26(6-7-26)24(39)42-3/h4-5,8-10H,6-7,11-13H2,1-3H3. The number of esters is 1. The maximum absolute atomic E-state index is 14.4. The number of rotatable bonds is 8. The molecule has 0 N–H and O–H groups in total. The molecule has 1 heterocycles. The van der Waals surface area contributed by atoms with Crippen LogP contribution >= 0.6 is 23.2 Å². The van der Waals surface area contributed by atoms with Gasteiger partial charge in [-0.2, -0.15) is 18.1 Å². The molecule has 1 aliphatic heterocycles. The van der Waals surface area contributed by atoms with E-state index in [2.05, 4.69) is 5.16 Å². The van der Waals surface area contributed by atoms with Crippen LogP contribution in [0.3, 0.4) is 0 Å². The Labute approximate surface area is 257 Å². The number of hydrogen-bond acceptors (Lipinski definition) is 9. The Hall–Kier alpha value is -3.75. The molecule has 1 unspecified atom stereocenters. The van der Waals surface area contributed by atoms with Crippen LogP contribution in [0.1, 0.15) is 46.3 Å². The third-order valence-corrected chi connectivity index (χ3v) is 7.82. The SMILES string of the molecule is COCC(=O)N(C(=O)OCC1(C(=O)OC)CC1)C(=O)c1ccc(C2=NOC(c3cc(Cl)c(F)c(Cl)c3)(C(F)(F)F)C2)cc1C. The smallest absolute Gasteiger partial charge is 0.435 e. The third kappa shape index (κ3) is 6.10. The number of methoxy groups -OCH3 is 2. The topological polar surface area (TPSA) is 121 Å². The first-order chi connectivity index (χ1) is 20.6. The molecule has 44 heavy (non-hydrogen) atoms. The molecule has 2 aliphatic rings. The van der Waals surface area contributed by atoms with Crippen LogP contribution in [0, 0.1) is 18.2 Å². The number of oxime groups is 1. The van der Waals surface area contributed by atoms with Gasteiger partial charge >= 0.3 is 18.2 Å². The van der Waals surface area contributed by atoms with Gasteiger partial charge in [0.15, 0.2) is 5.82 Å². The zero-order valence-electron chi connectivity index (χ0n) is 23.4. The van der Waals surface area contributed by atoms with E-state index in [0.29, 0.717) is 12.8 Å². The van der Waals surface area contributed by atoms with E-state index in [4.69, 9.17) is 42.3 Å². The van der Waals surface area contributed by atoms with E-state index in [-0.39, 0.29) is 27.3 Å². The van der Waals surface area contributed by atoms with Crippen molar-refractivity contribution in [2.75, 3.05) is 27.4 Å². The van der Waals surface area contributed by atoms with Crippen molar-refractivity contribution in [1.29, 1.82) is 0 Å². The van der Waals surface area contributed by atoms with Crippen molar-refractivity contribution in [1.82, 2.24) is 4.90 Å². The van der Waals surface area contributed by atoms with Crippen molar-refractivity contribution in [3.05, 3.63) is 68.4 Å². The number of carbonyl (C=O) groups is 4. The van der Waals surface area contributed by atoms with Gasteiger partial charge in [-0.25, -0.2) is 9.18 Å². The van der Waals surface area contributed by atoms with Crippen LogP contribution < -0.4 is 0 Å². The summed E-state index contributed by atoms with van der Waals surface area (Å²) in [5.74, 6) is -3.86. The lowest BCUT2D eigenvalue weighted by Crippen LogP contribution is -2.45. The first-order valence-corrected chi connectivity index (χ1v) is 13.6. The summed E-state index contributed by atoms with van der Waals surface area (Å²) in [5.41, 5.74) is -4.73. The predicted molar refractivity (Wildman–Crippen MR) is 146 cm³/mol. The summed E-state index contributed by atoms with van der Waals surface area (Å²) in [6.45, 7) is 0.335. The molecule has 2 aromatic rings. The lowest BCUT2D eigenvalue weighted by atomic mass is 9.86. The van der Waals surface area contributed by atoms with Crippen molar-refractivity contribution in [2.45, 2.75) is 38.0 Å². The Balaban J connectivity index is 1.59. The molecule has 16 heteroatoms. The molecule has 0 radical (unpaired) electrons. The lowest BCUT2D eigenvalue weighted by molar-refractivity contribution is -0.275. The van der Waals surface area contributed by atoms with Crippen molar-refractivity contribution in [3.8, 4) is 0 Å². The second-order valence-electron chi connectivity index (χ2n) is 10.2. The lowest BCUT2D eigenvalue weighted by Gasteiger charge is -2.29. The molecule has 1 atom stereocenters. The molecular weight excluding hydrogens is 639 g/mol. The fourth-order valence-electron chi connectivity index (χ4n) is 4.58. The highest BCUT2D eigenvalue weighted by Gasteiger charge is 2.62. The Bertz CT molecular complexity index is 1540. The molecule has 4 rings (SSSR count). The molecule has 1 fully saturated rings. The van der Waals surface area contributed by atoms with Crippen LogP contribution in [0.4, 0.5) is 22.4 Å². The minimum absolute atomic E-state index is 0.121. The molecule has 236 valence electrons. The fraction of sp³-hybridized carbons (Fsp3) is 0.393. The average Bonchev–Trinajstić information content (AvgIpc) is 3.61. The van der Waals surface area contributed by atoms with Crippen LogP contribution in [-0.4, -0.2) is 68.1 Å². The number of hydrogen-bond donors (Lipinski definition) is 0. The second kappa shape index (κ2) is 12.3. The molecular formula is C28H24Cl2F4N2O8. The fourth-order valence-corrected chi connectivity index (χ4v) is 5.06. The van der Waals surface area contributed by atoms with Crippen molar-refractivity contribution >= 4 is 52.8 Å². The van der Waals surface area contributed by atoms with Gasteiger partial charge in [0.25, 0.3) is 17.4 Å². The number of halogens is 6. The summed E-state index contributed by atoms with van der Waals surface area (Å²) in [7, 11) is 2.34. The molecule has 0 saturated heterocycles. The zero-order valence-corrected chi connectivity index (χ0v) is 24.9. The number of amides is 3. The number of imide groups is 3. The highest BCUT2D eigenvalue weighted by molar-refractivity contribution is 6.35. The van der Waals surface area contributed by atoms with Crippen LogP contribution in [0.5, 0.6) is 0 Å². The Morgan fingerprint density at radius 2 is 1.70 bits per heavy atom. The first kappa shape index (κ1) is 33.1. The summed E-state index contributed by atoms with van der Waals surface area (Å²) >= 11 is 11.5. The third-order valence-electron chi connectivity index (χ3n) is 7.27. The number of carbonyl (C=O) groups excluding carboxylic acids is 4. The van der Waals surface area contributed by atoms with E-state index in [9.17, 15) is 36.7 Å². The van der Waals surface area contributed by atoms with E-state index in [0.717, 1.165) is 12.1 Å². The van der Waals surface area contributed by atoms with E-state index < -0.39 is 82.1 Å². The van der Waals surface area contributed by atoms with Gasteiger partial charge in [0.2, 0.25) is 0 Å². The summed E-state index contributed by atoms with van der Waals surface area (Å²) < 4.78 is 71.7. The van der Waals surface area contributed by atoms with Gasteiger partial charge in [0.1, 0.15) is 18.6 Å². The van der Waals surface area contributed by atoms with Gasteiger partial charge in [0.05, 0.1) is 22.9 Å². The van der Waals surface area contributed by atoms with Crippen molar-refractivity contribution in [2.24, 2.45) is 10.6 Å². The normalized spacial score (nSPS) is 18.6. The maximum atomic E-state index is 14.4. The molecule has 3 amide bonds. The number of alkyl halides is 3. The first-order valence-electron chi connectivity index (χ1n) is 12.8. The van der Waals surface area contributed by atoms with Gasteiger partial charge in [0, 0.05) is 24.7 Å². The summed E-state index contributed by atoms with van der Waals surface area (Å²) in [6.07, 6.45) is -6.47. The number of nitrogens with zero attached hydrogens (tertiary/aromatic N) is 2. The van der Waals surface area contributed by atoms with Gasteiger partial charge in [-0.1, -0.05) is 34.4 Å².